The predicted octanol–water partition coefficient (Wildman–Crippen LogP) is 3.52. The molecule has 1 aliphatic rings. The second-order valence-electron chi connectivity index (χ2n) is 5.57. The second-order valence-corrected chi connectivity index (χ2v) is 6.36. The Morgan fingerprint density at radius 3 is 2.69 bits per heavy atom. The van der Waals surface area contributed by atoms with Crippen LogP contribution in [0.4, 0.5) is 11.4 Å². The van der Waals surface area contributed by atoms with Gasteiger partial charge in [-0.05, 0) is 54.5 Å². The van der Waals surface area contributed by atoms with Gasteiger partial charge in [-0.25, -0.2) is 0 Å². The Morgan fingerprint density at radius 1 is 1.31 bits per heavy atom. The number of carbonyl (C=O) groups is 1. The highest BCUT2D eigenvalue weighted by Crippen LogP contribution is 2.29. The Balaban J connectivity index is 1.96. The number of halogens is 1. The number of nitrogens with one attached hydrogen (secondary N) is 1. The van der Waals surface area contributed by atoms with E-state index >= 15 is 0 Å². The van der Waals surface area contributed by atoms with Crippen molar-refractivity contribution in [1.29, 1.82) is 0 Å². The molecule has 0 spiro atoms. The summed E-state index contributed by atoms with van der Waals surface area (Å²) in [5.41, 5.74) is 1.47. The molecule has 1 fully saturated rings. The van der Waals surface area contributed by atoms with Crippen molar-refractivity contribution < 1.29 is 14.8 Å². The molecule has 1 aliphatic heterocycles. The number of nitrogens with zero attached hydrogens (tertiary/aromatic N) is 2. The van der Waals surface area contributed by atoms with Crippen LogP contribution in [0.2, 0.25) is 5.02 Å². The predicted molar refractivity (Wildman–Crippen MR) is 102 cm³/mol. The van der Waals surface area contributed by atoms with E-state index in [1.165, 1.54) is 29.2 Å². The summed E-state index contributed by atoms with van der Waals surface area (Å²) in [6.07, 6.45) is 1.43. The van der Waals surface area contributed by atoms with Crippen LogP contribution in [0.3, 0.4) is 0 Å². The largest absolute Gasteiger partial charge is 0.502 e. The number of nitro groups is 1. The Morgan fingerprint density at radius 2 is 2.04 bits per heavy atom. The molecule has 26 heavy (non-hydrogen) atoms. The third kappa shape index (κ3) is 3.24. The van der Waals surface area contributed by atoms with Crippen molar-refractivity contribution in [2.75, 3.05) is 4.90 Å². The molecule has 3 rings (SSSR count). The molecule has 2 aromatic carbocycles. The Bertz CT molecular complexity index is 990. The molecule has 9 heteroatoms. The maximum absolute atomic E-state index is 12.7. The van der Waals surface area contributed by atoms with Crippen LogP contribution in [0.5, 0.6) is 5.75 Å². The van der Waals surface area contributed by atoms with Gasteiger partial charge in [-0.3, -0.25) is 19.8 Å². The lowest BCUT2D eigenvalue weighted by Crippen LogP contribution is -2.30. The van der Waals surface area contributed by atoms with Crippen molar-refractivity contribution in [3.05, 3.63) is 68.4 Å². The normalized spacial score (nSPS) is 15.5. The van der Waals surface area contributed by atoms with Crippen molar-refractivity contribution in [3.8, 4) is 5.75 Å². The van der Waals surface area contributed by atoms with Gasteiger partial charge in [0, 0.05) is 11.1 Å². The van der Waals surface area contributed by atoms with Crippen LogP contribution in [0.25, 0.3) is 6.08 Å². The molecule has 0 aliphatic carbocycles. The number of thiocarbonyl (C=S) groups is 1. The lowest BCUT2D eigenvalue weighted by atomic mass is 10.1. The summed E-state index contributed by atoms with van der Waals surface area (Å²) >= 11 is 11.3. The monoisotopic (exact) mass is 389 g/mol. The number of benzene rings is 2. The van der Waals surface area contributed by atoms with Gasteiger partial charge in [0.05, 0.1) is 10.6 Å². The molecule has 132 valence electrons. The zero-order valence-corrected chi connectivity index (χ0v) is 15.0. The lowest BCUT2D eigenvalue weighted by molar-refractivity contribution is -0.385. The summed E-state index contributed by atoms with van der Waals surface area (Å²) in [6.45, 7) is 1.84. The fourth-order valence-corrected chi connectivity index (χ4v) is 2.91. The van der Waals surface area contributed by atoms with Crippen LogP contribution in [0, 0.1) is 17.0 Å². The van der Waals surface area contributed by atoms with E-state index in [9.17, 15) is 20.0 Å². The van der Waals surface area contributed by atoms with Crippen molar-refractivity contribution in [2.24, 2.45) is 0 Å². The molecule has 0 saturated carbocycles. The number of hydrogen-bond acceptors (Lipinski definition) is 5. The number of hydrogen-bond donors (Lipinski definition) is 2. The summed E-state index contributed by atoms with van der Waals surface area (Å²) in [6, 6.07) is 8.96. The average molecular weight is 390 g/mol. The molecular weight excluding hydrogens is 378 g/mol. The number of phenols is 1. The van der Waals surface area contributed by atoms with Crippen molar-refractivity contribution in [1.82, 2.24) is 5.32 Å². The standard InChI is InChI=1S/C17H12ClN3O4S/c1-9-2-4-11(8-12(9)18)20-16(23)13(19-17(20)26)6-10-3-5-15(22)14(7-10)21(24)25/h2-8,22H,1H3,(H,19,26)/b13-6+. The van der Waals surface area contributed by atoms with Crippen molar-refractivity contribution in [2.45, 2.75) is 6.92 Å². The van der Waals surface area contributed by atoms with Gasteiger partial charge >= 0.3 is 5.69 Å². The molecule has 0 radical (unpaired) electrons. The number of rotatable bonds is 3. The molecule has 2 N–H and O–H groups in total. The zero-order chi connectivity index (χ0) is 19.0. The fraction of sp³-hybridized carbons (Fsp3) is 0.0588. The number of nitro benzene ring substituents is 1. The van der Waals surface area contributed by atoms with E-state index in [0.717, 1.165) is 5.56 Å². The first-order chi connectivity index (χ1) is 12.3. The van der Waals surface area contributed by atoms with Gasteiger partial charge in [0.2, 0.25) is 0 Å². The van der Waals surface area contributed by atoms with Crippen LogP contribution in [0.15, 0.2) is 42.1 Å². The number of carbonyl (C=O) groups excluding carboxylic acids is 1. The van der Waals surface area contributed by atoms with E-state index in [-0.39, 0.29) is 10.8 Å². The van der Waals surface area contributed by atoms with Gasteiger partial charge in [-0.1, -0.05) is 23.7 Å². The molecule has 0 bridgehead atoms. The lowest BCUT2D eigenvalue weighted by Gasteiger charge is -2.14. The molecular formula is C17H12ClN3O4S. The summed E-state index contributed by atoms with van der Waals surface area (Å²) in [5, 5.41) is 23.9. The Hall–Kier alpha value is -2.97. The molecule has 1 heterocycles. The van der Waals surface area contributed by atoms with Crippen LogP contribution in [0.1, 0.15) is 11.1 Å². The van der Waals surface area contributed by atoms with E-state index in [0.29, 0.717) is 16.3 Å². The molecule has 2 aromatic rings. The highest BCUT2D eigenvalue weighted by atomic mass is 35.5. The molecule has 1 saturated heterocycles. The smallest absolute Gasteiger partial charge is 0.311 e. The third-order valence-corrected chi connectivity index (χ3v) is 4.49. The van der Waals surface area contributed by atoms with Gasteiger partial charge in [0.15, 0.2) is 10.9 Å². The first kappa shape index (κ1) is 17.8. The van der Waals surface area contributed by atoms with Gasteiger partial charge in [0.1, 0.15) is 5.70 Å². The minimum Gasteiger partial charge on any atom is -0.502 e. The van der Waals surface area contributed by atoms with Crippen LogP contribution < -0.4 is 10.2 Å². The third-order valence-electron chi connectivity index (χ3n) is 3.80. The van der Waals surface area contributed by atoms with E-state index in [2.05, 4.69) is 5.32 Å². The maximum atomic E-state index is 12.7. The number of aryl methyl sites for hydroxylation is 1. The first-order valence-corrected chi connectivity index (χ1v) is 8.17. The summed E-state index contributed by atoms with van der Waals surface area (Å²) < 4.78 is 0. The molecule has 7 nitrogen and oxygen atoms in total. The summed E-state index contributed by atoms with van der Waals surface area (Å²) in [4.78, 5) is 24.2. The molecule has 0 aromatic heterocycles. The number of phenolic OH excluding ortho intramolecular Hbond substituents is 1. The van der Waals surface area contributed by atoms with Gasteiger partial charge in [-0.2, -0.15) is 0 Å². The van der Waals surface area contributed by atoms with Crippen LogP contribution in [-0.2, 0) is 4.79 Å². The van der Waals surface area contributed by atoms with E-state index in [4.69, 9.17) is 23.8 Å². The number of amides is 1. The van der Waals surface area contributed by atoms with Crippen molar-refractivity contribution >= 4 is 52.3 Å². The zero-order valence-electron chi connectivity index (χ0n) is 13.4. The molecule has 0 unspecified atom stereocenters. The van der Waals surface area contributed by atoms with Gasteiger partial charge in [0.25, 0.3) is 5.91 Å². The van der Waals surface area contributed by atoms with E-state index in [1.54, 1.807) is 18.2 Å². The molecule has 1 amide bonds. The Kier molecular flexibility index (Phi) is 4.62. The minimum absolute atomic E-state index is 0.159. The van der Waals surface area contributed by atoms with Crippen molar-refractivity contribution in [3.63, 3.8) is 0 Å². The average Bonchev–Trinajstić information content (AvgIpc) is 2.85. The summed E-state index contributed by atoms with van der Waals surface area (Å²) in [5.74, 6) is -0.861. The molecule has 0 atom stereocenters. The van der Waals surface area contributed by atoms with Crippen LogP contribution >= 0.6 is 23.8 Å². The van der Waals surface area contributed by atoms with E-state index in [1.807, 2.05) is 6.92 Å². The maximum Gasteiger partial charge on any atom is 0.311 e. The quantitative estimate of drug-likeness (QED) is 0.361. The minimum atomic E-state index is -0.702. The number of anilines is 1. The number of aromatic hydroxyl groups is 1. The highest BCUT2D eigenvalue weighted by molar-refractivity contribution is 7.80. The van der Waals surface area contributed by atoms with Gasteiger partial charge in [-0.15, -0.1) is 0 Å². The highest BCUT2D eigenvalue weighted by Gasteiger charge is 2.32. The Labute approximate surface area is 158 Å². The SMILES string of the molecule is Cc1ccc(N2C(=O)/C(=C\c3ccc(O)c([N+](=O)[O-])c3)NC2=S)cc1Cl. The summed E-state index contributed by atoms with van der Waals surface area (Å²) in [7, 11) is 0. The fourth-order valence-electron chi connectivity index (χ4n) is 2.43. The van der Waals surface area contributed by atoms with Crippen LogP contribution in [-0.4, -0.2) is 21.0 Å². The topological polar surface area (TPSA) is 95.7 Å². The van der Waals surface area contributed by atoms with E-state index < -0.39 is 22.3 Å². The van der Waals surface area contributed by atoms with Gasteiger partial charge < -0.3 is 10.4 Å². The first-order valence-electron chi connectivity index (χ1n) is 7.38. The second kappa shape index (κ2) is 6.74.